The fourth-order valence-electron chi connectivity index (χ4n) is 3.61. The van der Waals surface area contributed by atoms with E-state index in [1.165, 1.54) is 11.1 Å². The van der Waals surface area contributed by atoms with Crippen LogP contribution in [0.25, 0.3) is 0 Å². The highest BCUT2D eigenvalue weighted by Gasteiger charge is 2.34. The van der Waals surface area contributed by atoms with Crippen LogP contribution in [0.3, 0.4) is 0 Å². The molecular formula is C20H29NO4. The van der Waals surface area contributed by atoms with Crippen LogP contribution in [0.5, 0.6) is 0 Å². The molecule has 0 unspecified atom stereocenters. The lowest BCUT2D eigenvalue weighted by Crippen LogP contribution is -2.45. The van der Waals surface area contributed by atoms with Crippen molar-refractivity contribution in [1.82, 2.24) is 5.32 Å². The first-order valence-electron chi connectivity index (χ1n) is 9.29. The Balaban J connectivity index is 1.51. The molecule has 0 aromatic heterocycles. The van der Waals surface area contributed by atoms with Gasteiger partial charge in [-0.05, 0) is 38.2 Å². The van der Waals surface area contributed by atoms with Gasteiger partial charge in [-0.25, -0.2) is 0 Å². The molecule has 1 amide bonds. The predicted octanol–water partition coefficient (Wildman–Crippen LogP) is 2.36. The molecule has 5 heteroatoms. The van der Waals surface area contributed by atoms with Crippen molar-refractivity contribution in [3.8, 4) is 0 Å². The highest BCUT2D eigenvalue weighted by molar-refractivity contribution is 5.77. The summed E-state index contributed by atoms with van der Waals surface area (Å²) >= 11 is 0. The number of aryl methyl sites for hydroxylation is 1. The molecule has 1 aromatic rings. The normalized spacial score (nSPS) is 22.7. The molecule has 1 N–H and O–H groups in total. The number of carbonyl (C=O) groups is 1. The highest BCUT2D eigenvalue weighted by atomic mass is 16.5. The molecule has 1 aromatic carbocycles. The van der Waals surface area contributed by atoms with Gasteiger partial charge in [0.25, 0.3) is 0 Å². The molecule has 3 rings (SSSR count). The average Bonchev–Trinajstić information content (AvgIpc) is 3.15. The average molecular weight is 347 g/mol. The first kappa shape index (κ1) is 18.4. The van der Waals surface area contributed by atoms with Gasteiger partial charge in [0.2, 0.25) is 5.91 Å². The van der Waals surface area contributed by atoms with Crippen LogP contribution in [-0.4, -0.2) is 51.6 Å². The summed E-state index contributed by atoms with van der Waals surface area (Å²) in [5, 5.41) is 3.07. The Morgan fingerprint density at radius 3 is 2.68 bits per heavy atom. The van der Waals surface area contributed by atoms with E-state index >= 15 is 0 Å². The molecule has 0 bridgehead atoms. The van der Waals surface area contributed by atoms with Crippen LogP contribution in [0.2, 0.25) is 0 Å². The van der Waals surface area contributed by atoms with Crippen molar-refractivity contribution in [2.45, 2.75) is 44.1 Å². The minimum atomic E-state index is -0.0593. The second kappa shape index (κ2) is 8.79. The second-order valence-corrected chi connectivity index (χ2v) is 7.19. The number of nitrogens with one attached hydrogen (secondary N) is 1. The summed E-state index contributed by atoms with van der Waals surface area (Å²) < 4.78 is 16.6. The van der Waals surface area contributed by atoms with Gasteiger partial charge < -0.3 is 19.5 Å². The molecule has 0 spiro atoms. The summed E-state index contributed by atoms with van der Waals surface area (Å²) in [4.78, 5) is 12.2. The maximum absolute atomic E-state index is 12.2. The topological polar surface area (TPSA) is 56.8 Å². The minimum Gasteiger partial charge on any atom is -0.381 e. The molecule has 1 atom stereocenters. The van der Waals surface area contributed by atoms with Crippen LogP contribution in [0.4, 0.5) is 0 Å². The van der Waals surface area contributed by atoms with Gasteiger partial charge in [-0.15, -0.1) is 0 Å². The summed E-state index contributed by atoms with van der Waals surface area (Å²) in [7, 11) is 0. The number of hydrogen-bond donors (Lipinski definition) is 1. The van der Waals surface area contributed by atoms with E-state index in [0.29, 0.717) is 13.2 Å². The molecule has 5 nitrogen and oxygen atoms in total. The van der Waals surface area contributed by atoms with Crippen molar-refractivity contribution < 1.29 is 19.0 Å². The first-order chi connectivity index (χ1) is 12.2. The maximum atomic E-state index is 12.2. The lowest BCUT2D eigenvalue weighted by Gasteiger charge is -2.38. The lowest BCUT2D eigenvalue weighted by molar-refractivity contribution is -0.127. The van der Waals surface area contributed by atoms with E-state index in [-0.39, 0.29) is 24.0 Å². The van der Waals surface area contributed by atoms with Crippen molar-refractivity contribution in [3.63, 3.8) is 0 Å². The maximum Gasteiger partial charge on any atom is 0.246 e. The third kappa shape index (κ3) is 5.03. The van der Waals surface area contributed by atoms with E-state index in [4.69, 9.17) is 14.2 Å². The van der Waals surface area contributed by atoms with Gasteiger partial charge in [-0.1, -0.05) is 29.8 Å². The van der Waals surface area contributed by atoms with Crippen molar-refractivity contribution in [2.75, 3.05) is 39.6 Å². The third-order valence-electron chi connectivity index (χ3n) is 5.30. The lowest BCUT2D eigenvalue weighted by atomic mass is 9.74. The summed E-state index contributed by atoms with van der Waals surface area (Å²) in [6.45, 7) is 5.60. The van der Waals surface area contributed by atoms with Crippen LogP contribution < -0.4 is 5.32 Å². The Labute approximate surface area is 150 Å². The summed E-state index contributed by atoms with van der Waals surface area (Å²) in [6, 6.07) is 8.64. The van der Waals surface area contributed by atoms with Crippen LogP contribution in [0.15, 0.2) is 24.3 Å². The van der Waals surface area contributed by atoms with Crippen molar-refractivity contribution >= 4 is 5.91 Å². The van der Waals surface area contributed by atoms with E-state index in [1.807, 2.05) is 0 Å². The molecular weight excluding hydrogens is 318 g/mol. The summed E-state index contributed by atoms with van der Waals surface area (Å²) in [5.74, 6) is -0.0593. The number of ether oxygens (including phenoxy) is 3. The Morgan fingerprint density at radius 2 is 2.00 bits per heavy atom. The standard InChI is InChI=1S/C20H29NO4/c1-16-4-6-17(7-5-16)20(8-11-23-12-9-20)15-21-19(22)14-24-13-18-3-2-10-25-18/h4-7,18H,2-3,8-15H2,1H3,(H,21,22)/t18-/m0/s1. The van der Waals surface area contributed by atoms with Crippen LogP contribution in [0, 0.1) is 6.92 Å². The fourth-order valence-corrected chi connectivity index (χ4v) is 3.61. The molecule has 2 heterocycles. The summed E-state index contributed by atoms with van der Waals surface area (Å²) in [5.41, 5.74) is 2.48. The van der Waals surface area contributed by atoms with E-state index < -0.39 is 0 Å². The number of carbonyl (C=O) groups excluding carboxylic acids is 1. The highest BCUT2D eigenvalue weighted by Crippen LogP contribution is 2.34. The second-order valence-electron chi connectivity index (χ2n) is 7.19. The van der Waals surface area contributed by atoms with E-state index in [1.54, 1.807) is 0 Å². The van der Waals surface area contributed by atoms with Gasteiger partial charge in [0.05, 0.1) is 12.7 Å². The molecule has 25 heavy (non-hydrogen) atoms. The molecule has 2 aliphatic rings. The van der Waals surface area contributed by atoms with E-state index in [9.17, 15) is 4.79 Å². The smallest absolute Gasteiger partial charge is 0.246 e. The Kier molecular flexibility index (Phi) is 6.45. The van der Waals surface area contributed by atoms with Gasteiger partial charge in [0, 0.05) is 31.8 Å². The molecule has 2 aliphatic heterocycles. The van der Waals surface area contributed by atoms with Crippen LogP contribution >= 0.6 is 0 Å². The van der Waals surface area contributed by atoms with Crippen molar-refractivity contribution in [3.05, 3.63) is 35.4 Å². The minimum absolute atomic E-state index is 0.0455. The first-order valence-corrected chi connectivity index (χ1v) is 9.29. The summed E-state index contributed by atoms with van der Waals surface area (Å²) in [6.07, 6.45) is 4.11. The molecule has 138 valence electrons. The number of hydrogen-bond acceptors (Lipinski definition) is 4. The van der Waals surface area contributed by atoms with Gasteiger partial charge in [0.15, 0.2) is 0 Å². The molecule has 0 saturated carbocycles. The Bertz CT molecular complexity index is 545. The predicted molar refractivity (Wildman–Crippen MR) is 95.7 cm³/mol. The SMILES string of the molecule is Cc1ccc(C2(CNC(=O)COC[C@@H]3CCCO3)CCOCC2)cc1. The molecule has 0 aliphatic carbocycles. The van der Waals surface area contributed by atoms with Crippen LogP contribution in [0.1, 0.15) is 36.8 Å². The number of amides is 1. The zero-order valence-electron chi connectivity index (χ0n) is 15.1. The van der Waals surface area contributed by atoms with Gasteiger partial charge in [-0.3, -0.25) is 4.79 Å². The van der Waals surface area contributed by atoms with Crippen LogP contribution in [-0.2, 0) is 24.4 Å². The molecule has 0 radical (unpaired) electrons. The largest absolute Gasteiger partial charge is 0.381 e. The third-order valence-corrected chi connectivity index (χ3v) is 5.30. The zero-order chi connectivity index (χ0) is 17.5. The zero-order valence-corrected chi connectivity index (χ0v) is 15.1. The van der Waals surface area contributed by atoms with Gasteiger partial charge >= 0.3 is 0 Å². The number of rotatable bonds is 7. The monoisotopic (exact) mass is 347 g/mol. The van der Waals surface area contributed by atoms with Crippen molar-refractivity contribution in [2.24, 2.45) is 0 Å². The van der Waals surface area contributed by atoms with Gasteiger partial charge in [-0.2, -0.15) is 0 Å². The Morgan fingerprint density at radius 1 is 1.24 bits per heavy atom. The number of benzene rings is 1. The Hall–Kier alpha value is -1.43. The van der Waals surface area contributed by atoms with E-state index in [2.05, 4.69) is 36.5 Å². The van der Waals surface area contributed by atoms with Gasteiger partial charge in [0.1, 0.15) is 6.61 Å². The van der Waals surface area contributed by atoms with Crippen molar-refractivity contribution in [1.29, 1.82) is 0 Å². The molecule has 2 fully saturated rings. The quantitative estimate of drug-likeness (QED) is 0.823. The molecule has 2 saturated heterocycles. The fraction of sp³-hybridized carbons (Fsp3) is 0.650. The van der Waals surface area contributed by atoms with E-state index in [0.717, 1.165) is 45.5 Å².